The van der Waals surface area contributed by atoms with Crippen molar-refractivity contribution in [3.8, 4) is 0 Å². The first-order chi connectivity index (χ1) is 10.7. The van der Waals surface area contributed by atoms with E-state index in [1.807, 2.05) is 29.2 Å². The second kappa shape index (κ2) is 7.94. The highest BCUT2D eigenvalue weighted by Crippen LogP contribution is 2.19. The zero-order valence-electron chi connectivity index (χ0n) is 13.4. The molecule has 0 bridgehead atoms. The maximum Gasteiger partial charge on any atom is 0.253 e. The van der Waals surface area contributed by atoms with Crippen molar-refractivity contribution in [2.45, 2.75) is 25.8 Å². The minimum atomic E-state index is 0.0234. The van der Waals surface area contributed by atoms with E-state index in [0.717, 1.165) is 56.6 Å². The van der Waals surface area contributed by atoms with E-state index in [1.165, 1.54) is 0 Å². The summed E-state index contributed by atoms with van der Waals surface area (Å²) in [4.78, 5) is 27.3. The van der Waals surface area contributed by atoms with Gasteiger partial charge in [0.2, 0.25) is 6.41 Å². The number of piperazine rings is 1. The van der Waals surface area contributed by atoms with Gasteiger partial charge in [-0.3, -0.25) is 9.59 Å². The Morgan fingerprint density at radius 2 is 1.86 bits per heavy atom. The summed E-state index contributed by atoms with van der Waals surface area (Å²) >= 11 is 0. The van der Waals surface area contributed by atoms with E-state index in [-0.39, 0.29) is 11.9 Å². The van der Waals surface area contributed by atoms with Gasteiger partial charge in [-0.1, -0.05) is 25.5 Å². The van der Waals surface area contributed by atoms with Crippen LogP contribution in [0, 0.1) is 0 Å². The average molecular weight is 303 g/mol. The molecule has 1 fully saturated rings. The molecule has 0 spiro atoms. The zero-order chi connectivity index (χ0) is 15.9. The summed E-state index contributed by atoms with van der Waals surface area (Å²) < 4.78 is 0. The Morgan fingerprint density at radius 1 is 1.23 bits per heavy atom. The summed E-state index contributed by atoms with van der Waals surface area (Å²) in [6.07, 6.45) is 2.63. The molecule has 0 aromatic heterocycles. The highest BCUT2D eigenvalue weighted by molar-refractivity contribution is 5.94. The summed E-state index contributed by atoms with van der Waals surface area (Å²) in [5.41, 5.74) is 1.76. The number of hydrogen-bond donors (Lipinski definition) is 1. The fourth-order valence-electron chi connectivity index (χ4n) is 2.77. The molecule has 1 unspecified atom stereocenters. The molecule has 22 heavy (non-hydrogen) atoms. The highest BCUT2D eigenvalue weighted by Gasteiger charge is 2.20. The second-order valence-corrected chi connectivity index (χ2v) is 5.84. The Morgan fingerprint density at radius 3 is 2.41 bits per heavy atom. The van der Waals surface area contributed by atoms with Gasteiger partial charge in [-0.2, -0.15) is 0 Å². The Bertz CT molecular complexity index is 493. The number of hydrogen-bond acceptors (Lipinski definition) is 3. The fourth-order valence-corrected chi connectivity index (χ4v) is 2.77. The molecule has 1 aliphatic heterocycles. The smallest absolute Gasteiger partial charge is 0.253 e. The van der Waals surface area contributed by atoms with Crippen molar-refractivity contribution in [3.63, 3.8) is 0 Å². The first-order valence-electron chi connectivity index (χ1n) is 7.93. The van der Waals surface area contributed by atoms with Crippen molar-refractivity contribution in [2.24, 2.45) is 0 Å². The molecule has 1 aromatic carbocycles. The van der Waals surface area contributed by atoms with Crippen molar-refractivity contribution < 1.29 is 9.59 Å². The molecule has 0 saturated carbocycles. The first kappa shape index (κ1) is 16.5. The SMILES string of the molecule is CCCC(NC=O)c1ccc(C(=O)N2CCN(C)CC2)cc1. The van der Waals surface area contributed by atoms with Crippen LogP contribution >= 0.6 is 0 Å². The minimum Gasteiger partial charge on any atom is -0.352 e. The number of carbonyl (C=O) groups is 2. The van der Waals surface area contributed by atoms with Crippen LogP contribution in [0.15, 0.2) is 24.3 Å². The maximum atomic E-state index is 12.5. The van der Waals surface area contributed by atoms with Gasteiger partial charge < -0.3 is 15.1 Å². The number of rotatable bonds is 6. The predicted octanol–water partition coefficient (Wildman–Crippen LogP) is 1.66. The van der Waals surface area contributed by atoms with Crippen LogP contribution in [-0.2, 0) is 4.79 Å². The van der Waals surface area contributed by atoms with Crippen molar-refractivity contribution in [2.75, 3.05) is 33.2 Å². The van der Waals surface area contributed by atoms with E-state index in [9.17, 15) is 9.59 Å². The molecule has 5 nitrogen and oxygen atoms in total. The number of nitrogens with zero attached hydrogens (tertiary/aromatic N) is 2. The molecule has 1 saturated heterocycles. The number of nitrogens with one attached hydrogen (secondary N) is 1. The normalized spacial score (nSPS) is 17.1. The summed E-state index contributed by atoms with van der Waals surface area (Å²) in [5, 5.41) is 2.84. The van der Waals surface area contributed by atoms with Crippen LogP contribution in [0.5, 0.6) is 0 Å². The summed E-state index contributed by atoms with van der Waals surface area (Å²) in [5.74, 6) is 0.0926. The molecular weight excluding hydrogens is 278 g/mol. The summed E-state index contributed by atoms with van der Waals surface area (Å²) in [6.45, 7) is 5.49. The van der Waals surface area contributed by atoms with E-state index >= 15 is 0 Å². The lowest BCUT2D eigenvalue weighted by molar-refractivity contribution is -0.110. The molecule has 2 rings (SSSR count). The van der Waals surface area contributed by atoms with E-state index in [2.05, 4.69) is 24.2 Å². The summed E-state index contributed by atoms with van der Waals surface area (Å²) in [6, 6.07) is 7.64. The topological polar surface area (TPSA) is 52.7 Å². The standard InChI is InChI=1S/C17H25N3O2/c1-3-4-16(18-13-21)14-5-7-15(8-6-14)17(22)20-11-9-19(2)10-12-20/h5-8,13,16H,3-4,9-12H2,1-2H3,(H,18,21). The number of carbonyl (C=O) groups excluding carboxylic acids is 2. The molecule has 1 heterocycles. The van der Waals surface area contributed by atoms with Crippen LogP contribution in [0.4, 0.5) is 0 Å². The van der Waals surface area contributed by atoms with Crippen LogP contribution in [0.1, 0.15) is 41.7 Å². The molecule has 5 heteroatoms. The number of benzene rings is 1. The molecular formula is C17H25N3O2. The molecule has 1 atom stereocenters. The van der Waals surface area contributed by atoms with Crippen molar-refractivity contribution in [1.29, 1.82) is 0 Å². The van der Waals surface area contributed by atoms with Gasteiger partial charge >= 0.3 is 0 Å². The first-order valence-corrected chi connectivity index (χ1v) is 7.93. The number of likely N-dealkylation sites (N-methyl/N-ethyl adjacent to an activating group) is 1. The van der Waals surface area contributed by atoms with Crippen molar-refractivity contribution in [3.05, 3.63) is 35.4 Å². The van der Waals surface area contributed by atoms with Gasteiger partial charge in [0, 0.05) is 31.7 Å². The summed E-state index contributed by atoms with van der Waals surface area (Å²) in [7, 11) is 2.07. The molecule has 2 amide bonds. The van der Waals surface area contributed by atoms with Gasteiger partial charge in [0.15, 0.2) is 0 Å². The minimum absolute atomic E-state index is 0.0234. The third kappa shape index (κ3) is 4.07. The van der Waals surface area contributed by atoms with E-state index in [0.29, 0.717) is 0 Å². The Labute approximate surface area is 132 Å². The van der Waals surface area contributed by atoms with Crippen LogP contribution in [0.3, 0.4) is 0 Å². The predicted molar refractivity (Wildman–Crippen MR) is 86.7 cm³/mol. The third-order valence-corrected chi connectivity index (χ3v) is 4.20. The largest absolute Gasteiger partial charge is 0.352 e. The zero-order valence-corrected chi connectivity index (χ0v) is 13.4. The van der Waals surface area contributed by atoms with Gasteiger partial charge in [0.05, 0.1) is 6.04 Å². The number of amides is 2. The van der Waals surface area contributed by atoms with E-state index in [1.54, 1.807) is 0 Å². The van der Waals surface area contributed by atoms with Gasteiger partial charge in [-0.25, -0.2) is 0 Å². The highest BCUT2D eigenvalue weighted by atomic mass is 16.2. The Hall–Kier alpha value is -1.88. The lowest BCUT2D eigenvalue weighted by Gasteiger charge is -2.32. The van der Waals surface area contributed by atoms with Crippen LogP contribution < -0.4 is 5.32 Å². The average Bonchev–Trinajstić information content (AvgIpc) is 2.55. The van der Waals surface area contributed by atoms with E-state index in [4.69, 9.17) is 0 Å². The quantitative estimate of drug-likeness (QED) is 0.813. The van der Waals surface area contributed by atoms with Gasteiger partial charge in [-0.15, -0.1) is 0 Å². The lowest BCUT2D eigenvalue weighted by atomic mass is 10.0. The van der Waals surface area contributed by atoms with E-state index < -0.39 is 0 Å². The van der Waals surface area contributed by atoms with Crippen LogP contribution in [-0.4, -0.2) is 55.3 Å². The molecule has 120 valence electrons. The van der Waals surface area contributed by atoms with Crippen molar-refractivity contribution in [1.82, 2.24) is 15.1 Å². The van der Waals surface area contributed by atoms with Crippen molar-refractivity contribution >= 4 is 12.3 Å². The Balaban J connectivity index is 2.04. The second-order valence-electron chi connectivity index (χ2n) is 5.84. The Kier molecular flexibility index (Phi) is 5.95. The van der Waals surface area contributed by atoms with Gasteiger partial charge in [0.1, 0.15) is 0 Å². The van der Waals surface area contributed by atoms with Crippen LogP contribution in [0.2, 0.25) is 0 Å². The molecule has 1 aromatic rings. The van der Waals surface area contributed by atoms with Gasteiger partial charge in [0.25, 0.3) is 5.91 Å². The monoisotopic (exact) mass is 303 g/mol. The molecule has 0 radical (unpaired) electrons. The fraction of sp³-hybridized carbons (Fsp3) is 0.529. The third-order valence-electron chi connectivity index (χ3n) is 4.20. The maximum absolute atomic E-state index is 12.5. The molecule has 0 aliphatic carbocycles. The molecule has 1 N–H and O–H groups in total. The lowest BCUT2D eigenvalue weighted by Crippen LogP contribution is -2.47. The molecule has 1 aliphatic rings. The van der Waals surface area contributed by atoms with Gasteiger partial charge in [-0.05, 0) is 31.2 Å². The van der Waals surface area contributed by atoms with Crippen LogP contribution in [0.25, 0.3) is 0 Å².